The van der Waals surface area contributed by atoms with Crippen molar-refractivity contribution in [2.75, 3.05) is 11.9 Å². The monoisotopic (exact) mass is 480 g/mol. The largest absolute Gasteiger partial charge is 0.492 e. The van der Waals surface area contributed by atoms with Crippen molar-refractivity contribution >= 4 is 28.1 Å². The van der Waals surface area contributed by atoms with E-state index in [1.54, 1.807) is 25.1 Å². The van der Waals surface area contributed by atoms with Crippen molar-refractivity contribution in [3.63, 3.8) is 0 Å². The molecule has 2 aromatic carbocycles. The van der Waals surface area contributed by atoms with Crippen LogP contribution in [0.15, 0.2) is 42.5 Å². The number of aromatic hydroxyl groups is 1. The van der Waals surface area contributed by atoms with E-state index in [-0.39, 0.29) is 35.7 Å². The summed E-state index contributed by atoms with van der Waals surface area (Å²) in [6, 6.07) is 9.23. The van der Waals surface area contributed by atoms with Gasteiger partial charge in [-0.05, 0) is 66.8 Å². The molecule has 1 heterocycles. The molecular formula is C22H23F3N4O3S. The van der Waals surface area contributed by atoms with Crippen LogP contribution in [0.5, 0.6) is 17.4 Å². The Morgan fingerprint density at radius 2 is 1.94 bits per heavy atom. The van der Waals surface area contributed by atoms with E-state index < -0.39 is 11.7 Å². The number of hydrogen-bond acceptors (Lipinski definition) is 7. The third-order valence-electron chi connectivity index (χ3n) is 4.83. The number of nitrogens with zero attached hydrogens (tertiary/aromatic N) is 1. The molecule has 0 fully saturated rings. The van der Waals surface area contributed by atoms with Crippen LogP contribution in [0.2, 0.25) is 0 Å². The molecule has 0 unspecified atom stereocenters. The van der Waals surface area contributed by atoms with Crippen LogP contribution >= 0.6 is 11.5 Å². The number of amidine groups is 1. The van der Waals surface area contributed by atoms with Crippen molar-refractivity contribution in [2.45, 2.75) is 32.5 Å². The van der Waals surface area contributed by atoms with Gasteiger partial charge in [0.05, 0.1) is 18.2 Å². The number of halogens is 3. The SMILES string of the molecule is CC[C@@H](CO)NC(=N)c1c(O)nsc1Nc1ccc(Oc2cccc(C(F)(F)F)c2)cc1C. The van der Waals surface area contributed by atoms with E-state index in [0.717, 1.165) is 29.2 Å². The third kappa shape index (κ3) is 5.93. The number of anilines is 2. The average molecular weight is 481 g/mol. The lowest BCUT2D eigenvalue weighted by atomic mass is 10.1. The van der Waals surface area contributed by atoms with Crippen molar-refractivity contribution < 1.29 is 28.1 Å². The summed E-state index contributed by atoms with van der Waals surface area (Å²) in [6.45, 7) is 3.48. The van der Waals surface area contributed by atoms with E-state index in [9.17, 15) is 23.4 Å². The minimum absolute atomic E-state index is 0.0634. The fraction of sp³-hybridized carbons (Fsp3) is 0.273. The predicted octanol–water partition coefficient (Wildman–Crippen LogP) is 5.40. The average Bonchev–Trinajstić information content (AvgIpc) is 3.13. The highest BCUT2D eigenvalue weighted by Crippen LogP contribution is 2.36. The summed E-state index contributed by atoms with van der Waals surface area (Å²) in [7, 11) is 0. The van der Waals surface area contributed by atoms with Gasteiger partial charge in [-0.15, -0.1) is 0 Å². The number of hydrogen-bond donors (Lipinski definition) is 5. The van der Waals surface area contributed by atoms with Crippen molar-refractivity contribution in [3.8, 4) is 17.4 Å². The van der Waals surface area contributed by atoms with E-state index in [1.165, 1.54) is 12.1 Å². The van der Waals surface area contributed by atoms with Gasteiger partial charge in [0, 0.05) is 5.69 Å². The Kier molecular flexibility index (Phi) is 7.44. The van der Waals surface area contributed by atoms with Crippen LogP contribution in [0, 0.1) is 12.3 Å². The molecule has 1 aromatic heterocycles. The van der Waals surface area contributed by atoms with Crippen LogP contribution in [0.3, 0.4) is 0 Å². The Labute approximate surface area is 192 Å². The zero-order valence-electron chi connectivity index (χ0n) is 17.8. The van der Waals surface area contributed by atoms with Gasteiger partial charge in [-0.2, -0.15) is 17.5 Å². The summed E-state index contributed by atoms with van der Waals surface area (Å²) >= 11 is 0.969. The molecule has 33 heavy (non-hydrogen) atoms. The lowest BCUT2D eigenvalue weighted by Crippen LogP contribution is -2.37. The number of aliphatic hydroxyl groups excluding tert-OH is 1. The van der Waals surface area contributed by atoms with Crippen molar-refractivity contribution in [3.05, 3.63) is 59.2 Å². The van der Waals surface area contributed by atoms with Gasteiger partial charge >= 0.3 is 6.18 Å². The quantitative estimate of drug-likeness (QED) is 0.218. The highest BCUT2D eigenvalue weighted by Gasteiger charge is 2.30. The summed E-state index contributed by atoms with van der Waals surface area (Å²) in [4.78, 5) is 0. The second kappa shape index (κ2) is 10.1. The Bertz CT molecular complexity index is 1130. The molecule has 0 spiro atoms. The number of rotatable bonds is 8. The van der Waals surface area contributed by atoms with Crippen LogP contribution in [-0.4, -0.2) is 33.1 Å². The maximum Gasteiger partial charge on any atom is 0.416 e. The molecule has 0 saturated heterocycles. The highest BCUT2D eigenvalue weighted by molar-refractivity contribution is 7.11. The topological polar surface area (TPSA) is 110 Å². The standard InChI is InChI=1S/C22H23F3N4O3S/c1-3-14(11-30)27-19(26)18-20(31)29-33-21(18)28-17-8-7-16(9-12(17)2)32-15-6-4-5-13(10-15)22(23,24)25/h4-10,14,28,30H,3,11H2,1-2H3,(H2,26,27)(H,29,31)/t14-/m0/s1. The van der Waals surface area contributed by atoms with Gasteiger partial charge in [-0.25, -0.2) is 0 Å². The summed E-state index contributed by atoms with van der Waals surface area (Å²) in [5, 5.41) is 34.1. The number of ether oxygens (including phenoxy) is 1. The number of alkyl halides is 3. The van der Waals surface area contributed by atoms with E-state index in [0.29, 0.717) is 22.9 Å². The zero-order valence-corrected chi connectivity index (χ0v) is 18.6. The highest BCUT2D eigenvalue weighted by atomic mass is 32.1. The van der Waals surface area contributed by atoms with E-state index >= 15 is 0 Å². The van der Waals surface area contributed by atoms with Crippen LogP contribution in [0.1, 0.15) is 30.0 Å². The van der Waals surface area contributed by atoms with Gasteiger partial charge in [0.2, 0.25) is 5.88 Å². The second-order valence-corrected chi connectivity index (χ2v) is 8.02. The predicted molar refractivity (Wildman–Crippen MR) is 121 cm³/mol. The maximum atomic E-state index is 12.9. The molecule has 176 valence electrons. The Hall–Kier alpha value is -3.31. The minimum atomic E-state index is -4.46. The first-order valence-corrected chi connectivity index (χ1v) is 10.8. The van der Waals surface area contributed by atoms with Gasteiger partial charge in [-0.1, -0.05) is 13.0 Å². The van der Waals surface area contributed by atoms with Gasteiger partial charge in [0.1, 0.15) is 27.9 Å². The number of benzene rings is 2. The molecule has 0 aliphatic rings. The molecule has 7 nitrogen and oxygen atoms in total. The van der Waals surface area contributed by atoms with Gasteiger partial charge in [0.15, 0.2) is 0 Å². The van der Waals surface area contributed by atoms with Gasteiger partial charge in [0.25, 0.3) is 0 Å². The van der Waals surface area contributed by atoms with E-state index in [1.807, 2.05) is 6.92 Å². The Morgan fingerprint density at radius 1 is 1.21 bits per heavy atom. The lowest BCUT2D eigenvalue weighted by Gasteiger charge is -2.17. The molecule has 0 bridgehead atoms. The molecular weight excluding hydrogens is 457 g/mol. The summed E-state index contributed by atoms with van der Waals surface area (Å²) in [6.07, 6.45) is -3.87. The van der Waals surface area contributed by atoms with E-state index in [4.69, 9.17) is 10.1 Å². The minimum Gasteiger partial charge on any atom is -0.492 e. The fourth-order valence-corrected chi connectivity index (χ4v) is 3.69. The maximum absolute atomic E-state index is 12.9. The van der Waals surface area contributed by atoms with Crippen molar-refractivity contribution in [2.24, 2.45) is 0 Å². The molecule has 0 radical (unpaired) electrons. The summed E-state index contributed by atoms with van der Waals surface area (Å²) in [5.74, 6) is 0.0307. The number of aryl methyl sites for hydroxylation is 1. The summed E-state index contributed by atoms with van der Waals surface area (Å²) in [5.41, 5.74) is 0.739. The normalized spacial score (nSPS) is 12.3. The first-order valence-electron chi connectivity index (χ1n) is 10.00. The number of aromatic nitrogens is 1. The molecule has 11 heteroatoms. The Balaban J connectivity index is 1.78. The number of nitrogens with one attached hydrogen (secondary N) is 3. The molecule has 0 aliphatic carbocycles. The fourth-order valence-electron chi connectivity index (χ4n) is 2.98. The molecule has 1 atom stereocenters. The third-order valence-corrected chi connectivity index (χ3v) is 5.58. The van der Waals surface area contributed by atoms with Crippen LogP contribution in [0.25, 0.3) is 0 Å². The molecule has 5 N–H and O–H groups in total. The van der Waals surface area contributed by atoms with Crippen LogP contribution in [0.4, 0.5) is 23.9 Å². The second-order valence-electron chi connectivity index (χ2n) is 7.25. The Morgan fingerprint density at radius 3 is 2.58 bits per heavy atom. The van der Waals surface area contributed by atoms with Gasteiger partial charge in [-0.3, -0.25) is 5.41 Å². The lowest BCUT2D eigenvalue weighted by molar-refractivity contribution is -0.137. The molecule has 0 amide bonds. The first kappa shape index (κ1) is 24.3. The van der Waals surface area contributed by atoms with Crippen LogP contribution < -0.4 is 15.4 Å². The van der Waals surface area contributed by atoms with Crippen molar-refractivity contribution in [1.29, 1.82) is 5.41 Å². The zero-order chi connectivity index (χ0) is 24.2. The van der Waals surface area contributed by atoms with Gasteiger partial charge < -0.3 is 25.6 Å². The van der Waals surface area contributed by atoms with Crippen LogP contribution in [-0.2, 0) is 6.18 Å². The molecule has 3 rings (SSSR count). The molecule has 0 saturated carbocycles. The first-order chi connectivity index (χ1) is 15.6. The van der Waals surface area contributed by atoms with Crippen molar-refractivity contribution in [1.82, 2.24) is 9.69 Å². The molecule has 3 aromatic rings. The molecule has 0 aliphatic heterocycles. The smallest absolute Gasteiger partial charge is 0.416 e. The van der Waals surface area contributed by atoms with E-state index in [2.05, 4.69) is 15.0 Å². The number of aliphatic hydroxyl groups is 1. The summed E-state index contributed by atoms with van der Waals surface area (Å²) < 4.78 is 48.2.